The van der Waals surface area contributed by atoms with Crippen LogP contribution in [0.2, 0.25) is 0 Å². The highest BCUT2D eigenvalue weighted by atomic mass is 16.5. The number of ether oxygens (including phenoxy) is 1. The summed E-state index contributed by atoms with van der Waals surface area (Å²) >= 11 is 0. The van der Waals surface area contributed by atoms with Gasteiger partial charge in [0.05, 0.1) is 7.11 Å². The Labute approximate surface area is 119 Å². The number of esters is 1. The summed E-state index contributed by atoms with van der Waals surface area (Å²) in [6.45, 7) is 7.17. The molecule has 1 unspecified atom stereocenters. The topological polar surface area (TPSA) is 67.3 Å². The largest absolute Gasteiger partial charge is 0.463 e. The van der Waals surface area contributed by atoms with Gasteiger partial charge in [0.2, 0.25) is 5.82 Å². The minimum atomic E-state index is -0.510. The summed E-state index contributed by atoms with van der Waals surface area (Å²) in [6, 6.07) is 2.29. The van der Waals surface area contributed by atoms with Gasteiger partial charge in [0, 0.05) is 24.3 Å². The van der Waals surface area contributed by atoms with Gasteiger partial charge in [-0.1, -0.05) is 0 Å². The van der Waals surface area contributed by atoms with Crippen LogP contribution in [0.25, 0.3) is 0 Å². The fraction of sp³-hybridized carbons (Fsp3) is 0.643. The zero-order valence-electron chi connectivity index (χ0n) is 12.3. The number of aromatic nitrogens is 2. The molecule has 0 bridgehead atoms. The van der Waals surface area contributed by atoms with Gasteiger partial charge in [-0.15, -0.1) is 0 Å². The van der Waals surface area contributed by atoms with E-state index in [1.54, 1.807) is 0 Å². The Hall–Kier alpha value is -1.69. The highest BCUT2D eigenvalue weighted by Gasteiger charge is 2.18. The van der Waals surface area contributed by atoms with Gasteiger partial charge < -0.3 is 10.1 Å². The first-order valence-corrected chi connectivity index (χ1v) is 7.02. The molecule has 0 aliphatic carbocycles. The second kappa shape index (κ2) is 6.65. The number of methoxy groups -OCH3 is 1. The quantitative estimate of drug-likeness (QED) is 0.823. The minimum absolute atomic E-state index is 0.101. The number of carbonyl (C=O) groups is 1. The second-order valence-electron chi connectivity index (χ2n) is 5.18. The van der Waals surface area contributed by atoms with Crippen molar-refractivity contribution in [2.24, 2.45) is 0 Å². The smallest absolute Gasteiger partial charge is 0.376 e. The van der Waals surface area contributed by atoms with Crippen LogP contribution in [0, 0.1) is 6.92 Å². The van der Waals surface area contributed by atoms with Crippen LogP contribution in [-0.4, -0.2) is 53.6 Å². The first kappa shape index (κ1) is 14.7. The predicted octanol–water partition coefficient (Wildman–Crippen LogP) is 1.47. The third kappa shape index (κ3) is 3.66. The number of rotatable bonds is 5. The molecule has 1 aliphatic rings. The van der Waals surface area contributed by atoms with Gasteiger partial charge in [-0.25, -0.2) is 14.8 Å². The highest BCUT2D eigenvalue weighted by molar-refractivity contribution is 5.85. The molecule has 20 heavy (non-hydrogen) atoms. The monoisotopic (exact) mass is 278 g/mol. The predicted molar refractivity (Wildman–Crippen MR) is 76.9 cm³/mol. The molecule has 0 aromatic carbocycles. The molecule has 110 valence electrons. The number of hydrogen-bond donors (Lipinski definition) is 1. The average Bonchev–Trinajstić information content (AvgIpc) is 2.97. The molecule has 6 heteroatoms. The Kier molecular flexibility index (Phi) is 4.89. The molecule has 0 amide bonds. The Morgan fingerprint density at radius 1 is 1.45 bits per heavy atom. The third-order valence-corrected chi connectivity index (χ3v) is 3.56. The SMILES string of the molecule is COC(=O)c1nc(C)cc(NCC(C)N2CCCC2)n1. The van der Waals surface area contributed by atoms with Crippen molar-refractivity contribution in [1.29, 1.82) is 0 Å². The van der Waals surface area contributed by atoms with Crippen molar-refractivity contribution in [3.8, 4) is 0 Å². The van der Waals surface area contributed by atoms with Crippen molar-refractivity contribution < 1.29 is 9.53 Å². The Morgan fingerprint density at radius 2 is 2.15 bits per heavy atom. The minimum Gasteiger partial charge on any atom is -0.463 e. The van der Waals surface area contributed by atoms with E-state index in [9.17, 15) is 4.79 Å². The van der Waals surface area contributed by atoms with E-state index in [-0.39, 0.29) is 5.82 Å². The molecule has 2 heterocycles. The molecule has 1 saturated heterocycles. The number of hydrogen-bond acceptors (Lipinski definition) is 6. The molecule has 2 rings (SSSR count). The van der Waals surface area contributed by atoms with E-state index < -0.39 is 5.97 Å². The van der Waals surface area contributed by atoms with Gasteiger partial charge in [-0.2, -0.15) is 0 Å². The van der Waals surface area contributed by atoms with Crippen LogP contribution in [0.3, 0.4) is 0 Å². The van der Waals surface area contributed by atoms with Gasteiger partial charge in [0.15, 0.2) is 0 Å². The van der Waals surface area contributed by atoms with E-state index in [0.29, 0.717) is 11.9 Å². The van der Waals surface area contributed by atoms with Crippen molar-refractivity contribution in [3.05, 3.63) is 17.6 Å². The van der Waals surface area contributed by atoms with Gasteiger partial charge in [0.25, 0.3) is 0 Å². The van der Waals surface area contributed by atoms with Crippen LogP contribution in [0.15, 0.2) is 6.07 Å². The van der Waals surface area contributed by atoms with Gasteiger partial charge in [-0.05, 0) is 39.8 Å². The number of carbonyl (C=O) groups excluding carboxylic acids is 1. The fourth-order valence-corrected chi connectivity index (χ4v) is 2.41. The third-order valence-electron chi connectivity index (χ3n) is 3.56. The van der Waals surface area contributed by atoms with E-state index >= 15 is 0 Å². The molecule has 1 aromatic heterocycles. The molecule has 1 atom stereocenters. The summed E-state index contributed by atoms with van der Waals surface area (Å²) in [6.07, 6.45) is 2.56. The summed E-state index contributed by atoms with van der Waals surface area (Å²) in [4.78, 5) is 22.2. The van der Waals surface area contributed by atoms with Gasteiger partial charge in [-0.3, -0.25) is 4.90 Å². The van der Waals surface area contributed by atoms with Gasteiger partial charge in [0.1, 0.15) is 5.82 Å². The van der Waals surface area contributed by atoms with E-state index in [0.717, 1.165) is 12.2 Å². The lowest BCUT2D eigenvalue weighted by molar-refractivity contribution is 0.0586. The number of anilines is 1. The van der Waals surface area contributed by atoms with Crippen molar-refractivity contribution in [3.63, 3.8) is 0 Å². The maximum Gasteiger partial charge on any atom is 0.376 e. The van der Waals surface area contributed by atoms with Crippen molar-refractivity contribution >= 4 is 11.8 Å². The van der Waals surface area contributed by atoms with Crippen LogP contribution in [0.1, 0.15) is 36.1 Å². The molecular formula is C14H22N4O2. The zero-order chi connectivity index (χ0) is 14.5. The number of nitrogens with zero attached hydrogens (tertiary/aromatic N) is 3. The Bertz CT molecular complexity index is 472. The first-order chi connectivity index (χ1) is 9.60. The van der Waals surface area contributed by atoms with Crippen LogP contribution >= 0.6 is 0 Å². The first-order valence-electron chi connectivity index (χ1n) is 7.02. The zero-order valence-corrected chi connectivity index (χ0v) is 12.3. The Balaban J connectivity index is 1.98. The van der Waals surface area contributed by atoms with Crippen LogP contribution in [0.5, 0.6) is 0 Å². The summed E-state index contributed by atoms with van der Waals surface area (Å²) in [5.41, 5.74) is 0.747. The lowest BCUT2D eigenvalue weighted by atomic mass is 10.3. The van der Waals surface area contributed by atoms with E-state index in [2.05, 4.69) is 31.8 Å². The summed E-state index contributed by atoms with van der Waals surface area (Å²) in [5.74, 6) is 0.261. The van der Waals surface area contributed by atoms with E-state index in [4.69, 9.17) is 0 Å². The second-order valence-corrected chi connectivity index (χ2v) is 5.18. The Morgan fingerprint density at radius 3 is 2.80 bits per heavy atom. The summed E-state index contributed by atoms with van der Waals surface area (Å²) in [7, 11) is 1.33. The maximum absolute atomic E-state index is 11.5. The molecule has 0 spiro atoms. The normalized spacial score (nSPS) is 16.9. The molecule has 6 nitrogen and oxygen atoms in total. The molecule has 1 fully saturated rings. The van der Waals surface area contributed by atoms with Crippen molar-refractivity contribution in [2.75, 3.05) is 32.1 Å². The average molecular weight is 278 g/mol. The highest BCUT2D eigenvalue weighted by Crippen LogP contribution is 2.13. The summed E-state index contributed by atoms with van der Waals surface area (Å²) in [5, 5.41) is 3.28. The maximum atomic E-state index is 11.5. The van der Waals surface area contributed by atoms with E-state index in [1.165, 1.54) is 33.0 Å². The molecule has 1 aromatic rings. The van der Waals surface area contributed by atoms with E-state index in [1.807, 2.05) is 13.0 Å². The molecule has 1 N–H and O–H groups in total. The lowest BCUT2D eigenvalue weighted by Gasteiger charge is -2.24. The number of aryl methyl sites for hydroxylation is 1. The fourth-order valence-electron chi connectivity index (χ4n) is 2.41. The van der Waals surface area contributed by atoms with Crippen molar-refractivity contribution in [1.82, 2.24) is 14.9 Å². The van der Waals surface area contributed by atoms with Crippen LogP contribution in [0.4, 0.5) is 5.82 Å². The molecule has 1 aliphatic heterocycles. The lowest BCUT2D eigenvalue weighted by Crippen LogP contribution is -2.35. The van der Waals surface area contributed by atoms with Gasteiger partial charge >= 0.3 is 5.97 Å². The van der Waals surface area contributed by atoms with Crippen LogP contribution in [-0.2, 0) is 4.74 Å². The molecule has 0 radical (unpaired) electrons. The van der Waals surface area contributed by atoms with Crippen LogP contribution < -0.4 is 5.32 Å². The molecule has 0 saturated carbocycles. The molecular weight excluding hydrogens is 256 g/mol. The van der Waals surface area contributed by atoms with Crippen molar-refractivity contribution in [2.45, 2.75) is 32.7 Å². The number of likely N-dealkylation sites (tertiary alicyclic amines) is 1. The number of nitrogens with one attached hydrogen (secondary N) is 1. The standard InChI is InChI=1S/C14H22N4O2/c1-10-8-12(17-13(16-10)14(19)20-3)15-9-11(2)18-6-4-5-7-18/h8,11H,4-7,9H2,1-3H3,(H,15,16,17). The summed E-state index contributed by atoms with van der Waals surface area (Å²) < 4.78 is 4.65.